The molecule has 18 heavy (non-hydrogen) atoms. The fraction of sp³-hybridized carbons (Fsp3) is 0.0714. The van der Waals surface area contributed by atoms with Crippen LogP contribution in [0.25, 0.3) is 10.4 Å². The molecule has 2 aromatic rings. The van der Waals surface area contributed by atoms with E-state index in [2.05, 4.69) is 6.58 Å². The predicted octanol–water partition coefficient (Wildman–Crippen LogP) is 4.50. The van der Waals surface area contributed by atoms with Crippen molar-refractivity contribution in [2.24, 2.45) is 0 Å². The SMILES string of the molecule is C=CCc1ccc(-c2cc(Cl)ccc2C(=O)O)s1. The van der Waals surface area contributed by atoms with Gasteiger partial charge in [-0.15, -0.1) is 17.9 Å². The van der Waals surface area contributed by atoms with Gasteiger partial charge in [0.25, 0.3) is 0 Å². The number of allylic oxidation sites excluding steroid dienone is 1. The van der Waals surface area contributed by atoms with E-state index in [1.807, 2.05) is 18.2 Å². The molecular formula is C14H11ClO2S. The molecule has 1 N–H and O–H groups in total. The van der Waals surface area contributed by atoms with Crippen LogP contribution in [0.5, 0.6) is 0 Å². The van der Waals surface area contributed by atoms with Crippen LogP contribution in [0.1, 0.15) is 15.2 Å². The van der Waals surface area contributed by atoms with Gasteiger partial charge in [0.05, 0.1) is 5.56 Å². The summed E-state index contributed by atoms with van der Waals surface area (Å²) in [6, 6.07) is 8.71. The Morgan fingerprint density at radius 2 is 2.17 bits per heavy atom. The summed E-state index contributed by atoms with van der Waals surface area (Å²) in [5.74, 6) is -0.944. The Kier molecular flexibility index (Phi) is 3.84. The van der Waals surface area contributed by atoms with Crippen molar-refractivity contribution in [1.29, 1.82) is 0 Å². The van der Waals surface area contributed by atoms with Gasteiger partial charge in [-0.3, -0.25) is 0 Å². The largest absolute Gasteiger partial charge is 0.478 e. The van der Waals surface area contributed by atoms with Crippen molar-refractivity contribution >= 4 is 28.9 Å². The topological polar surface area (TPSA) is 37.3 Å². The third-order valence-corrected chi connectivity index (χ3v) is 3.86. The van der Waals surface area contributed by atoms with Crippen LogP contribution in [0.4, 0.5) is 0 Å². The Balaban J connectivity index is 2.50. The lowest BCUT2D eigenvalue weighted by molar-refractivity contribution is 0.0698. The molecule has 0 spiro atoms. The van der Waals surface area contributed by atoms with Crippen LogP contribution < -0.4 is 0 Å². The first-order valence-corrected chi connectivity index (χ1v) is 6.54. The Hall–Kier alpha value is -1.58. The molecule has 0 saturated heterocycles. The van der Waals surface area contributed by atoms with Crippen molar-refractivity contribution in [3.63, 3.8) is 0 Å². The third kappa shape index (κ3) is 2.63. The normalized spacial score (nSPS) is 10.3. The molecule has 0 atom stereocenters. The highest BCUT2D eigenvalue weighted by molar-refractivity contribution is 7.15. The summed E-state index contributed by atoms with van der Waals surface area (Å²) in [4.78, 5) is 13.2. The molecule has 1 heterocycles. The Labute approximate surface area is 114 Å². The van der Waals surface area contributed by atoms with Gasteiger partial charge in [0, 0.05) is 20.3 Å². The maximum atomic E-state index is 11.2. The van der Waals surface area contributed by atoms with Gasteiger partial charge in [-0.05, 0) is 36.8 Å². The van der Waals surface area contributed by atoms with Gasteiger partial charge in [0.15, 0.2) is 0 Å². The van der Waals surface area contributed by atoms with Crippen LogP contribution in [0, 0.1) is 0 Å². The first-order valence-electron chi connectivity index (χ1n) is 5.34. The molecule has 0 aliphatic rings. The summed E-state index contributed by atoms with van der Waals surface area (Å²) >= 11 is 7.49. The first kappa shape index (κ1) is 12.9. The van der Waals surface area contributed by atoms with E-state index in [9.17, 15) is 9.90 Å². The minimum Gasteiger partial charge on any atom is -0.478 e. The number of hydrogen-bond donors (Lipinski definition) is 1. The van der Waals surface area contributed by atoms with Gasteiger partial charge in [-0.25, -0.2) is 4.79 Å². The van der Waals surface area contributed by atoms with Crippen LogP contribution in [-0.4, -0.2) is 11.1 Å². The van der Waals surface area contributed by atoms with E-state index in [1.54, 1.807) is 23.5 Å². The summed E-state index contributed by atoms with van der Waals surface area (Å²) in [7, 11) is 0. The van der Waals surface area contributed by atoms with Crippen LogP contribution in [0.2, 0.25) is 5.02 Å². The quantitative estimate of drug-likeness (QED) is 0.837. The minimum atomic E-state index is -0.944. The zero-order chi connectivity index (χ0) is 13.1. The van der Waals surface area contributed by atoms with Crippen LogP contribution in [0.3, 0.4) is 0 Å². The van der Waals surface area contributed by atoms with E-state index in [1.165, 1.54) is 6.07 Å². The van der Waals surface area contributed by atoms with Crippen molar-refractivity contribution in [2.75, 3.05) is 0 Å². The third-order valence-electron chi connectivity index (χ3n) is 2.48. The van der Waals surface area contributed by atoms with Gasteiger partial charge in [0.2, 0.25) is 0 Å². The molecule has 0 bridgehead atoms. The van der Waals surface area contributed by atoms with E-state index < -0.39 is 5.97 Å². The summed E-state index contributed by atoms with van der Waals surface area (Å²) in [6.45, 7) is 3.69. The molecule has 0 unspecified atom stereocenters. The maximum Gasteiger partial charge on any atom is 0.336 e. The second-order valence-electron chi connectivity index (χ2n) is 3.75. The average molecular weight is 279 g/mol. The molecule has 0 aliphatic carbocycles. The number of hydrogen-bond acceptors (Lipinski definition) is 2. The predicted molar refractivity (Wildman–Crippen MR) is 75.6 cm³/mol. The van der Waals surface area contributed by atoms with E-state index in [0.29, 0.717) is 10.6 Å². The Bertz CT molecular complexity index is 602. The van der Waals surface area contributed by atoms with Crippen LogP contribution in [-0.2, 0) is 6.42 Å². The van der Waals surface area contributed by atoms with E-state index in [4.69, 9.17) is 11.6 Å². The van der Waals surface area contributed by atoms with Crippen molar-refractivity contribution in [1.82, 2.24) is 0 Å². The van der Waals surface area contributed by atoms with E-state index >= 15 is 0 Å². The smallest absolute Gasteiger partial charge is 0.336 e. The molecule has 0 saturated carbocycles. The average Bonchev–Trinajstić information content (AvgIpc) is 2.77. The molecule has 2 nitrogen and oxygen atoms in total. The number of carboxylic acids is 1. The summed E-state index contributed by atoms with van der Waals surface area (Å²) in [5, 5.41) is 9.71. The number of benzene rings is 1. The molecule has 0 radical (unpaired) electrons. The highest BCUT2D eigenvalue weighted by Crippen LogP contribution is 2.33. The number of carbonyl (C=O) groups is 1. The molecule has 0 amide bonds. The number of aromatic carboxylic acids is 1. The highest BCUT2D eigenvalue weighted by Gasteiger charge is 2.13. The second kappa shape index (κ2) is 5.38. The molecule has 0 fully saturated rings. The summed E-state index contributed by atoms with van der Waals surface area (Å²) in [5.41, 5.74) is 0.932. The monoisotopic (exact) mass is 278 g/mol. The molecule has 1 aromatic heterocycles. The van der Waals surface area contributed by atoms with Gasteiger partial charge in [-0.2, -0.15) is 0 Å². The van der Waals surface area contributed by atoms with Crippen molar-refractivity contribution in [3.8, 4) is 10.4 Å². The van der Waals surface area contributed by atoms with Gasteiger partial charge < -0.3 is 5.11 Å². The van der Waals surface area contributed by atoms with E-state index in [-0.39, 0.29) is 5.56 Å². The lowest BCUT2D eigenvalue weighted by Gasteiger charge is -2.04. The zero-order valence-corrected chi connectivity index (χ0v) is 11.1. The lowest BCUT2D eigenvalue weighted by atomic mass is 10.1. The fourth-order valence-corrected chi connectivity index (χ4v) is 2.89. The number of carboxylic acid groups (broad SMARTS) is 1. The minimum absolute atomic E-state index is 0.270. The summed E-state index contributed by atoms with van der Waals surface area (Å²) < 4.78 is 0. The zero-order valence-electron chi connectivity index (χ0n) is 9.52. The summed E-state index contributed by atoms with van der Waals surface area (Å²) in [6.07, 6.45) is 2.61. The van der Waals surface area contributed by atoms with Crippen LogP contribution in [0.15, 0.2) is 43.0 Å². The molecule has 4 heteroatoms. The van der Waals surface area contributed by atoms with Crippen LogP contribution >= 0.6 is 22.9 Å². The first-order chi connectivity index (χ1) is 8.61. The molecule has 0 aliphatic heterocycles. The fourth-order valence-electron chi connectivity index (χ4n) is 1.68. The lowest BCUT2D eigenvalue weighted by Crippen LogP contribution is -1.98. The molecular weight excluding hydrogens is 268 g/mol. The Morgan fingerprint density at radius 3 is 2.83 bits per heavy atom. The number of thiophene rings is 1. The second-order valence-corrected chi connectivity index (χ2v) is 5.36. The van der Waals surface area contributed by atoms with Crippen molar-refractivity contribution in [3.05, 3.63) is 58.5 Å². The van der Waals surface area contributed by atoms with Crippen molar-refractivity contribution < 1.29 is 9.90 Å². The Morgan fingerprint density at radius 1 is 1.39 bits per heavy atom. The highest BCUT2D eigenvalue weighted by atomic mass is 35.5. The molecule has 92 valence electrons. The van der Waals surface area contributed by atoms with Gasteiger partial charge in [0.1, 0.15) is 0 Å². The number of rotatable bonds is 4. The molecule has 1 aromatic carbocycles. The van der Waals surface area contributed by atoms with E-state index in [0.717, 1.165) is 16.2 Å². The van der Waals surface area contributed by atoms with Gasteiger partial charge in [-0.1, -0.05) is 17.7 Å². The van der Waals surface area contributed by atoms with Crippen molar-refractivity contribution in [2.45, 2.75) is 6.42 Å². The standard InChI is InChI=1S/C14H11ClO2S/c1-2-3-10-5-7-13(18-10)12-8-9(15)4-6-11(12)14(16)17/h2,4-8H,1,3H2,(H,16,17). The maximum absolute atomic E-state index is 11.2. The molecule has 2 rings (SSSR count). The number of halogens is 1. The van der Waals surface area contributed by atoms with Gasteiger partial charge >= 0.3 is 5.97 Å².